The van der Waals surface area contributed by atoms with Gasteiger partial charge in [-0.05, 0) is 55.8 Å². The lowest BCUT2D eigenvalue weighted by Gasteiger charge is -2.38. The predicted octanol–water partition coefficient (Wildman–Crippen LogP) is 4.24. The Morgan fingerprint density at radius 2 is 2.05 bits per heavy atom. The smallest absolute Gasteiger partial charge is 0.120 e. The Labute approximate surface area is 122 Å². The van der Waals surface area contributed by atoms with E-state index in [1.165, 1.54) is 44.1 Å². The van der Waals surface area contributed by atoms with Crippen molar-refractivity contribution in [2.24, 2.45) is 5.92 Å². The molecular formula is C18H27NO. The topological polar surface area (TPSA) is 21.3 Å². The quantitative estimate of drug-likeness (QED) is 0.886. The van der Waals surface area contributed by atoms with Crippen molar-refractivity contribution < 1.29 is 4.74 Å². The zero-order valence-electron chi connectivity index (χ0n) is 12.8. The summed E-state index contributed by atoms with van der Waals surface area (Å²) in [7, 11) is 0. The Hall–Kier alpha value is -1.02. The zero-order valence-corrected chi connectivity index (χ0v) is 12.8. The van der Waals surface area contributed by atoms with Crippen molar-refractivity contribution in [3.63, 3.8) is 0 Å². The molecule has 0 amide bonds. The third-order valence-corrected chi connectivity index (χ3v) is 4.85. The molecule has 1 aliphatic carbocycles. The van der Waals surface area contributed by atoms with Gasteiger partial charge >= 0.3 is 0 Å². The van der Waals surface area contributed by atoms with Crippen molar-refractivity contribution in [2.45, 2.75) is 64.0 Å². The second kappa shape index (κ2) is 5.77. The number of ether oxygens (including phenoxy) is 1. The van der Waals surface area contributed by atoms with Crippen LogP contribution in [0.4, 0.5) is 0 Å². The molecule has 0 aromatic heterocycles. The second-order valence-corrected chi connectivity index (χ2v) is 6.71. The molecule has 2 heteroatoms. The van der Waals surface area contributed by atoms with Gasteiger partial charge in [-0.25, -0.2) is 0 Å². The Balaban J connectivity index is 1.89. The number of benzene rings is 1. The van der Waals surface area contributed by atoms with E-state index in [4.69, 9.17) is 4.74 Å². The van der Waals surface area contributed by atoms with Crippen molar-refractivity contribution >= 4 is 0 Å². The van der Waals surface area contributed by atoms with Gasteiger partial charge in [0.2, 0.25) is 0 Å². The van der Waals surface area contributed by atoms with E-state index in [0.29, 0.717) is 12.0 Å². The molecule has 1 aliphatic heterocycles. The van der Waals surface area contributed by atoms with E-state index < -0.39 is 0 Å². The van der Waals surface area contributed by atoms with E-state index in [2.05, 4.69) is 43.4 Å². The molecule has 1 aromatic carbocycles. The minimum absolute atomic E-state index is 0.124. The molecule has 1 atom stereocenters. The van der Waals surface area contributed by atoms with E-state index in [1.807, 2.05) is 0 Å². The number of hydrogen-bond donors (Lipinski definition) is 1. The highest BCUT2D eigenvalue weighted by atomic mass is 16.5. The summed E-state index contributed by atoms with van der Waals surface area (Å²) in [5, 5.41) is 3.85. The third-order valence-electron chi connectivity index (χ3n) is 4.85. The highest BCUT2D eigenvalue weighted by molar-refractivity contribution is 5.34. The van der Waals surface area contributed by atoms with Gasteiger partial charge in [0.05, 0.1) is 6.10 Å². The molecule has 1 N–H and O–H groups in total. The van der Waals surface area contributed by atoms with Crippen LogP contribution in [0.3, 0.4) is 0 Å². The minimum Gasteiger partial charge on any atom is -0.490 e. The van der Waals surface area contributed by atoms with Crippen molar-refractivity contribution in [3.05, 3.63) is 29.8 Å². The number of rotatable bonds is 4. The van der Waals surface area contributed by atoms with Gasteiger partial charge < -0.3 is 10.1 Å². The summed E-state index contributed by atoms with van der Waals surface area (Å²) in [5.74, 6) is 1.65. The SMILES string of the molecule is CC(C)C1(c2cccc(OC3CC3)c2)CCCCCN1. The number of hydrogen-bond acceptors (Lipinski definition) is 2. The summed E-state index contributed by atoms with van der Waals surface area (Å²) in [6.07, 6.45) is 8.11. The van der Waals surface area contributed by atoms with Crippen LogP contribution in [-0.4, -0.2) is 12.6 Å². The van der Waals surface area contributed by atoms with E-state index in [-0.39, 0.29) is 5.54 Å². The minimum atomic E-state index is 0.124. The molecule has 1 aromatic rings. The van der Waals surface area contributed by atoms with Gasteiger partial charge in [-0.3, -0.25) is 0 Å². The van der Waals surface area contributed by atoms with Crippen LogP contribution in [0.25, 0.3) is 0 Å². The fourth-order valence-corrected chi connectivity index (χ4v) is 3.40. The Morgan fingerprint density at radius 3 is 2.80 bits per heavy atom. The van der Waals surface area contributed by atoms with Crippen molar-refractivity contribution in [1.29, 1.82) is 0 Å². The molecule has 110 valence electrons. The van der Waals surface area contributed by atoms with E-state index in [9.17, 15) is 0 Å². The fourth-order valence-electron chi connectivity index (χ4n) is 3.40. The van der Waals surface area contributed by atoms with Crippen LogP contribution >= 0.6 is 0 Å². The molecule has 1 unspecified atom stereocenters. The molecule has 0 spiro atoms. The van der Waals surface area contributed by atoms with Gasteiger partial charge in [-0.1, -0.05) is 38.8 Å². The Morgan fingerprint density at radius 1 is 1.20 bits per heavy atom. The second-order valence-electron chi connectivity index (χ2n) is 6.71. The van der Waals surface area contributed by atoms with Crippen LogP contribution in [0, 0.1) is 5.92 Å². The molecule has 1 heterocycles. The summed E-state index contributed by atoms with van der Waals surface area (Å²) in [5.41, 5.74) is 1.53. The highest BCUT2D eigenvalue weighted by Crippen LogP contribution is 2.38. The van der Waals surface area contributed by atoms with Gasteiger partial charge in [0, 0.05) is 5.54 Å². The van der Waals surface area contributed by atoms with Crippen LogP contribution in [0.5, 0.6) is 5.75 Å². The summed E-state index contributed by atoms with van der Waals surface area (Å²) >= 11 is 0. The van der Waals surface area contributed by atoms with Crippen molar-refractivity contribution in [1.82, 2.24) is 5.32 Å². The van der Waals surface area contributed by atoms with E-state index in [1.54, 1.807) is 0 Å². The van der Waals surface area contributed by atoms with E-state index >= 15 is 0 Å². The molecular weight excluding hydrogens is 246 g/mol. The lowest BCUT2D eigenvalue weighted by Crippen LogP contribution is -2.46. The lowest BCUT2D eigenvalue weighted by atomic mass is 9.76. The van der Waals surface area contributed by atoms with Crippen LogP contribution in [0.2, 0.25) is 0 Å². The molecule has 20 heavy (non-hydrogen) atoms. The largest absolute Gasteiger partial charge is 0.490 e. The molecule has 2 aliphatic rings. The normalized spacial score (nSPS) is 27.4. The maximum Gasteiger partial charge on any atom is 0.120 e. The Bertz CT molecular complexity index is 442. The van der Waals surface area contributed by atoms with Crippen molar-refractivity contribution in [3.8, 4) is 5.75 Å². The lowest BCUT2D eigenvalue weighted by molar-refractivity contribution is 0.229. The molecule has 1 saturated heterocycles. The van der Waals surface area contributed by atoms with Gasteiger partial charge in [0.25, 0.3) is 0 Å². The summed E-state index contributed by atoms with van der Waals surface area (Å²) in [4.78, 5) is 0. The Kier molecular flexibility index (Phi) is 4.02. The first-order valence-electron chi connectivity index (χ1n) is 8.23. The highest BCUT2D eigenvalue weighted by Gasteiger charge is 2.36. The molecule has 3 rings (SSSR count). The van der Waals surface area contributed by atoms with Gasteiger partial charge in [0.15, 0.2) is 0 Å². The summed E-state index contributed by atoms with van der Waals surface area (Å²) < 4.78 is 5.98. The van der Waals surface area contributed by atoms with Crippen LogP contribution in [0.1, 0.15) is 57.9 Å². The van der Waals surface area contributed by atoms with E-state index in [0.717, 1.165) is 12.3 Å². The third kappa shape index (κ3) is 2.85. The monoisotopic (exact) mass is 273 g/mol. The number of nitrogens with one attached hydrogen (secondary N) is 1. The predicted molar refractivity (Wildman–Crippen MR) is 83.1 cm³/mol. The molecule has 2 nitrogen and oxygen atoms in total. The van der Waals surface area contributed by atoms with Crippen molar-refractivity contribution in [2.75, 3.05) is 6.54 Å². The first kappa shape index (κ1) is 13.9. The van der Waals surface area contributed by atoms with Gasteiger partial charge in [-0.2, -0.15) is 0 Å². The van der Waals surface area contributed by atoms with Gasteiger partial charge in [-0.15, -0.1) is 0 Å². The van der Waals surface area contributed by atoms with Crippen LogP contribution in [0.15, 0.2) is 24.3 Å². The summed E-state index contributed by atoms with van der Waals surface area (Å²) in [6, 6.07) is 8.81. The average Bonchev–Trinajstić information content (AvgIpc) is 3.25. The molecule has 2 fully saturated rings. The van der Waals surface area contributed by atoms with Crippen LogP contribution in [-0.2, 0) is 5.54 Å². The van der Waals surface area contributed by atoms with Crippen LogP contribution < -0.4 is 10.1 Å². The fraction of sp³-hybridized carbons (Fsp3) is 0.667. The molecule has 0 bridgehead atoms. The zero-order chi connectivity index (χ0) is 14.0. The molecule has 1 saturated carbocycles. The molecule has 0 radical (unpaired) electrons. The maximum atomic E-state index is 5.98. The maximum absolute atomic E-state index is 5.98. The standard InChI is InChI=1S/C18H27NO/c1-14(2)18(11-4-3-5-12-19-18)15-7-6-8-17(13-15)20-16-9-10-16/h6-8,13-14,16,19H,3-5,9-12H2,1-2H3. The first-order chi connectivity index (χ1) is 9.71. The first-order valence-corrected chi connectivity index (χ1v) is 8.23. The average molecular weight is 273 g/mol. The summed E-state index contributed by atoms with van der Waals surface area (Å²) in [6.45, 7) is 5.81. The van der Waals surface area contributed by atoms with Gasteiger partial charge in [0.1, 0.15) is 5.75 Å².